The Balaban J connectivity index is 2.99. The maximum atomic E-state index is 11.9. The maximum Gasteiger partial charge on any atom is 0.200 e. The highest BCUT2D eigenvalue weighted by Gasteiger charge is 2.47. The Morgan fingerprint density at radius 1 is 1.47 bits per heavy atom. The second-order valence-corrected chi connectivity index (χ2v) is 5.46. The zero-order valence-electron chi connectivity index (χ0n) is 9.53. The van der Waals surface area contributed by atoms with Gasteiger partial charge >= 0.3 is 0 Å². The molecule has 1 heterocycles. The fourth-order valence-corrected chi connectivity index (χ4v) is 2.95. The van der Waals surface area contributed by atoms with Gasteiger partial charge in [-0.1, -0.05) is 35.6 Å². The third-order valence-electron chi connectivity index (χ3n) is 2.48. The first-order chi connectivity index (χ1) is 6.90. The van der Waals surface area contributed by atoms with Gasteiger partial charge in [0.2, 0.25) is 0 Å². The van der Waals surface area contributed by atoms with Gasteiger partial charge in [-0.05, 0) is 27.7 Å². The van der Waals surface area contributed by atoms with E-state index >= 15 is 0 Å². The van der Waals surface area contributed by atoms with Gasteiger partial charge in [-0.2, -0.15) is 0 Å². The van der Waals surface area contributed by atoms with Crippen LogP contribution in [-0.4, -0.2) is 15.6 Å². The van der Waals surface area contributed by atoms with Crippen molar-refractivity contribution in [2.24, 2.45) is 5.92 Å². The second kappa shape index (κ2) is 4.35. The molecule has 1 fully saturated rings. The fourth-order valence-electron chi connectivity index (χ4n) is 1.73. The van der Waals surface area contributed by atoms with Gasteiger partial charge in [-0.3, -0.25) is 9.59 Å². The standard InChI is InChI=1S/C12H16O2S/c1-5-6-8(2)7-12(4)10(13)9(3)11(14)15-12/h5-7,9H,1-4H3/b6-5+,8-7+/t9?,12-/m1/s1. The fraction of sp³-hybridized carbons (Fsp3) is 0.500. The smallest absolute Gasteiger partial charge is 0.200 e. The molecule has 1 aliphatic rings. The molecule has 0 radical (unpaired) electrons. The number of ketones is 1. The topological polar surface area (TPSA) is 34.1 Å². The molecule has 0 amide bonds. The molecule has 0 N–H and O–H groups in total. The third kappa shape index (κ3) is 2.40. The normalized spacial score (nSPS) is 33.1. The highest BCUT2D eigenvalue weighted by Crippen LogP contribution is 2.41. The van der Waals surface area contributed by atoms with Crippen molar-refractivity contribution in [2.45, 2.75) is 32.4 Å². The van der Waals surface area contributed by atoms with E-state index in [0.717, 1.165) is 17.3 Å². The Hall–Kier alpha value is -0.830. The Morgan fingerprint density at radius 3 is 2.47 bits per heavy atom. The van der Waals surface area contributed by atoms with Gasteiger partial charge in [0.25, 0.3) is 0 Å². The zero-order valence-corrected chi connectivity index (χ0v) is 10.4. The average Bonchev–Trinajstić information content (AvgIpc) is 2.31. The molecule has 0 bridgehead atoms. The van der Waals surface area contributed by atoms with Crippen LogP contribution in [0.1, 0.15) is 27.7 Å². The first-order valence-electron chi connectivity index (χ1n) is 5.00. The number of allylic oxidation sites excluding steroid dienone is 3. The van der Waals surface area contributed by atoms with Crippen molar-refractivity contribution < 1.29 is 9.59 Å². The number of Topliss-reactive ketones (excluding diaryl/α,β-unsaturated/α-hetero) is 1. The van der Waals surface area contributed by atoms with Crippen molar-refractivity contribution >= 4 is 22.7 Å². The van der Waals surface area contributed by atoms with E-state index in [9.17, 15) is 9.59 Å². The van der Waals surface area contributed by atoms with Gasteiger partial charge < -0.3 is 0 Å². The van der Waals surface area contributed by atoms with Crippen molar-refractivity contribution in [1.82, 2.24) is 0 Å². The molecule has 0 aliphatic carbocycles. The molecule has 0 aromatic carbocycles. The minimum atomic E-state index is -0.667. The Morgan fingerprint density at radius 2 is 2.07 bits per heavy atom. The van der Waals surface area contributed by atoms with E-state index in [2.05, 4.69) is 0 Å². The molecule has 15 heavy (non-hydrogen) atoms. The van der Waals surface area contributed by atoms with Crippen LogP contribution in [-0.2, 0) is 9.59 Å². The molecular weight excluding hydrogens is 208 g/mol. The molecule has 0 aromatic rings. The highest BCUT2D eigenvalue weighted by molar-refractivity contribution is 8.16. The first kappa shape index (κ1) is 12.2. The number of hydrogen-bond acceptors (Lipinski definition) is 3. The minimum absolute atomic E-state index is 0.0151. The average molecular weight is 224 g/mol. The van der Waals surface area contributed by atoms with Crippen LogP contribution in [0.4, 0.5) is 0 Å². The SMILES string of the molecule is C/C=C/C(C)=C/[C@@]1(C)SC(=O)C(C)C1=O. The van der Waals surface area contributed by atoms with Gasteiger partial charge in [0.1, 0.15) is 0 Å². The summed E-state index contributed by atoms with van der Waals surface area (Å²) in [5.74, 6) is -0.448. The summed E-state index contributed by atoms with van der Waals surface area (Å²) in [5, 5.41) is -0.0213. The van der Waals surface area contributed by atoms with Crippen molar-refractivity contribution in [2.75, 3.05) is 0 Å². The Labute approximate surface area is 94.8 Å². The number of rotatable bonds is 2. The number of carbonyl (C=O) groups excluding carboxylic acids is 2. The van der Waals surface area contributed by atoms with Crippen LogP contribution in [0, 0.1) is 5.92 Å². The summed E-state index contributed by atoms with van der Waals surface area (Å²) >= 11 is 1.14. The van der Waals surface area contributed by atoms with E-state index < -0.39 is 10.7 Å². The summed E-state index contributed by atoms with van der Waals surface area (Å²) < 4.78 is -0.667. The van der Waals surface area contributed by atoms with Gasteiger partial charge in [-0.15, -0.1) is 0 Å². The molecule has 0 aromatic heterocycles. The Bertz CT molecular complexity index is 355. The van der Waals surface area contributed by atoms with E-state index in [1.54, 1.807) is 6.92 Å². The third-order valence-corrected chi connectivity index (χ3v) is 3.78. The molecule has 2 nitrogen and oxygen atoms in total. The van der Waals surface area contributed by atoms with Gasteiger partial charge in [-0.25, -0.2) is 0 Å². The largest absolute Gasteiger partial charge is 0.297 e. The maximum absolute atomic E-state index is 11.9. The molecule has 0 spiro atoms. The lowest BCUT2D eigenvalue weighted by molar-refractivity contribution is -0.126. The number of hydrogen-bond donors (Lipinski definition) is 0. The van der Waals surface area contributed by atoms with Gasteiger partial charge in [0.05, 0.1) is 10.7 Å². The quantitative estimate of drug-likeness (QED) is 0.534. The second-order valence-electron chi connectivity index (χ2n) is 4.00. The summed E-state index contributed by atoms with van der Waals surface area (Å²) in [6.45, 7) is 7.36. The van der Waals surface area contributed by atoms with Crippen molar-refractivity contribution in [3.8, 4) is 0 Å². The summed E-state index contributed by atoms with van der Waals surface area (Å²) in [5.41, 5.74) is 1.02. The van der Waals surface area contributed by atoms with E-state index in [4.69, 9.17) is 0 Å². The number of thioether (sulfide) groups is 1. The molecule has 3 heteroatoms. The van der Waals surface area contributed by atoms with Crippen LogP contribution >= 0.6 is 11.8 Å². The summed E-state index contributed by atoms with van der Waals surface area (Å²) in [6.07, 6.45) is 5.73. The van der Waals surface area contributed by atoms with Crippen LogP contribution in [0.5, 0.6) is 0 Å². The van der Waals surface area contributed by atoms with E-state index in [1.165, 1.54) is 0 Å². The monoisotopic (exact) mass is 224 g/mol. The molecule has 82 valence electrons. The zero-order chi connectivity index (χ0) is 11.6. The molecule has 0 saturated carbocycles. The van der Waals surface area contributed by atoms with Crippen molar-refractivity contribution in [3.05, 3.63) is 23.8 Å². The van der Waals surface area contributed by atoms with Crippen LogP contribution < -0.4 is 0 Å². The van der Waals surface area contributed by atoms with E-state index in [-0.39, 0.29) is 10.9 Å². The number of carbonyl (C=O) groups is 2. The predicted molar refractivity (Wildman–Crippen MR) is 63.7 cm³/mol. The van der Waals surface area contributed by atoms with E-state index in [1.807, 2.05) is 39.0 Å². The van der Waals surface area contributed by atoms with Crippen LogP contribution in [0.2, 0.25) is 0 Å². The Kier molecular flexibility index (Phi) is 3.55. The van der Waals surface area contributed by atoms with Crippen LogP contribution in [0.15, 0.2) is 23.8 Å². The van der Waals surface area contributed by atoms with Crippen LogP contribution in [0.3, 0.4) is 0 Å². The molecule has 1 aliphatic heterocycles. The first-order valence-corrected chi connectivity index (χ1v) is 5.81. The highest BCUT2D eigenvalue weighted by atomic mass is 32.2. The summed E-state index contributed by atoms with van der Waals surface area (Å²) in [6, 6.07) is 0. The lowest BCUT2D eigenvalue weighted by Gasteiger charge is -2.15. The lowest BCUT2D eigenvalue weighted by Crippen LogP contribution is -2.27. The minimum Gasteiger partial charge on any atom is -0.297 e. The van der Waals surface area contributed by atoms with Crippen molar-refractivity contribution in [3.63, 3.8) is 0 Å². The molecule has 1 rings (SSSR count). The molecular formula is C12H16O2S. The summed E-state index contributed by atoms with van der Waals surface area (Å²) in [7, 11) is 0. The molecule has 1 saturated heterocycles. The van der Waals surface area contributed by atoms with Gasteiger partial charge in [0, 0.05) is 0 Å². The molecule has 1 unspecified atom stereocenters. The lowest BCUT2D eigenvalue weighted by atomic mass is 9.94. The van der Waals surface area contributed by atoms with Crippen molar-refractivity contribution in [1.29, 1.82) is 0 Å². The molecule has 2 atom stereocenters. The van der Waals surface area contributed by atoms with E-state index in [0.29, 0.717) is 0 Å². The van der Waals surface area contributed by atoms with Crippen LogP contribution in [0.25, 0.3) is 0 Å². The summed E-state index contributed by atoms with van der Waals surface area (Å²) in [4.78, 5) is 23.3. The van der Waals surface area contributed by atoms with Gasteiger partial charge in [0.15, 0.2) is 10.9 Å². The predicted octanol–water partition coefficient (Wildman–Crippen LogP) is 2.75.